The summed E-state index contributed by atoms with van der Waals surface area (Å²) < 4.78 is 30.3. The van der Waals surface area contributed by atoms with Gasteiger partial charge in [0.2, 0.25) is 0 Å². The van der Waals surface area contributed by atoms with Gasteiger partial charge < -0.3 is 9.29 Å². The molecule has 0 spiro atoms. The Morgan fingerprint density at radius 3 is 2.17 bits per heavy atom. The van der Waals surface area contributed by atoms with Crippen molar-refractivity contribution in [2.24, 2.45) is 0 Å². The smallest absolute Gasteiger partial charge is 0.339 e. The van der Waals surface area contributed by atoms with Crippen molar-refractivity contribution in [2.45, 2.75) is 31.1 Å². The molecule has 24 heavy (non-hydrogen) atoms. The van der Waals surface area contributed by atoms with Crippen LogP contribution in [0.4, 0.5) is 0 Å². The highest BCUT2D eigenvalue weighted by molar-refractivity contribution is 9.10. The van der Waals surface area contributed by atoms with Crippen LogP contribution in [0.1, 0.15) is 36.7 Å². The second-order valence-corrected chi connectivity index (χ2v) is 8.72. The van der Waals surface area contributed by atoms with Crippen molar-refractivity contribution in [3.63, 3.8) is 0 Å². The Kier molecular flexibility index (Phi) is 5.05. The van der Waals surface area contributed by atoms with Gasteiger partial charge in [0.1, 0.15) is 10.5 Å². The molecule has 0 amide bonds. The highest BCUT2D eigenvalue weighted by Gasteiger charge is 2.22. The van der Waals surface area contributed by atoms with E-state index in [4.69, 9.17) is 4.18 Å². The van der Waals surface area contributed by atoms with Crippen LogP contribution in [-0.4, -0.2) is 19.5 Å². The summed E-state index contributed by atoms with van der Waals surface area (Å²) in [7, 11) is -4.12. The van der Waals surface area contributed by atoms with Gasteiger partial charge in [-0.2, -0.15) is 8.42 Å². The number of carboxylic acid groups (broad SMARTS) is 1. The monoisotopic (exact) mass is 412 g/mol. The molecule has 0 aliphatic heterocycles. The summed E-state index contributed by atoms with van der Waals surface area (Å²) in [4.78, 5) is 11.2. The van der Waals surface area contributed by atoms with Crippen molar-refractivity contribution in [1.82, 2.24) is 0 Å². The second-order valence-electron chi connectivity index (χ2n) is 6.26. The van der Waals surface area contributed by atoms with Gasteiger partial charge >= 0.3 is 16.1 Å². The van der Waals surface area contributed by atoms with Crippen LogP contribution in [0.3, 0.4) is 0 Å². The Labute approximate surface area is 149 Å². The summed E-state index contributed by atoms with van der Waals surface area (Å²) in [6.07, 6.45) is 0. The lowest BCUT2D eigenvalue weighted by molar-refractivity contribution is 0.0695. The fourth-order valence-corrected chi connectivity index (χ4v) is 3.34. The fourth-order valence-electron chi connectivity index (χ4n) is 2.03. The van der Waals surface area contributed by atoms with Gasteiger partial charge in [0.15, 0.2) is 5.75 Å². The third-order valence-electron chi connectivity index (χ3n) is 3.38. The summed E-state index contributed by atoms with van der Waals surface area (Å²) in [6, 6.07) is 10.4. The summed E-state index contributed by atoms with van der Waals surface area (Å²) in [5, 5.41) is 9.19. The topological polar surface area (TPSA) is 80.7 Å². The van der Waals surface area contributed by atoms with Gasteiger partial charge in [-0.05, 0) is 41.3 Å². The normalized spacial score (nSPS) is 12.0. The molecular weight excluding hydrogens is 396 g/mol. The van der Waals surface area contributed by atoms with Crippen LogP contribution in [-0.2, 0) is 15.5 Å². The maximum Gasteiger partial charge on any atom is 0.339 e. The number of carbonyl (C=O) groups is 1. The Morgan fingerprint density at radius 1 is 1.08 bits per heavy atom. The van der Waals surface area contributed by atoms with E-state index in [2.05, 4.69) is 15.9 Å². The molecule has 0 radical (unpaired) electrons. The Morgan fingerprint density at radius 2 is 1.67 bits per heavy atom. The molecule has 1 N–H and O–H groups in total. The highest BCUT2D eigenvalue weighted by Crippen LogP contribution is 2.28. The molecule has 0 aliphatic rings. The summed E-state index contributed by atoms with van der Waals surface area (Å²) in [6.45, 7) is 6.07. The number of aromatic carboxylic acids is 1. The minimum atomic E-state index is -4.12. The number of hydrogen-bond donors (Lipinski definition) is 1. The van der Waals surface area contributed by atoms with E-state index in [9.17, 15) is 18.3 Å². The molecule has 0 aliphatic carbocycles. The minimum absolute atomic E-state index is 0.0326. The molecular formula is C17H17BrO5S. The van der Waals surface area contributed by atoms with Crippen molar-refractivity contribution in [1.29, 1.82) is 0 Å². The summed E-state index contributed by atoms with van der Waals surface area (Å²) >= 11 is 3.15. The predicted molar refractivity (Wildman–Crippen MR) is 94.1 cm³/mol. The molecule has 7 heteroatoms. The zero-order chi connectivity index (χ0) is 18.1. The Bertz CT molecular complexity index is 865. The fraction of sp³-hybridized carbons (Fsp3) is 0.235. The molecule has 128 valence electrons. The van der Waals surface area contributed by atoms with Gasteiger partial charge in [0.25, 0.3) is 0 Å². The quantitative estimate of drug-likeness (QED) is 0.760. The van der Waals surface area contributed by atoms with Gasteiger partial charge in [0.05, 0.1) is 0 Å². The zero-order valence-electron chi connectivity index (χ0n) is 13.4. The lowest BCUT2D eigenvalue weighted by Crippen LogP contribution is -2.14. The third-order valence-corrected chi connectivity index (χ3v) is 5.12. The Hall–Kier alpha value is -1.86. The lowest BCUT2D eigenvalue weighted by atomic mass is 9.87. The van der Waals surface area contributed by atoms with E-state index in [1.54, 1.807) is 12.1 Å². The molecule has 2 aromatic carbocycles. The molecule has 0 heterocycles. The predicted octanol–water partition coefficient (Wildman–Crippen LogP) is 4.21. The van der Waals surface area contributed by atoms with E-state index in [0.717, 1.165) is 5.56 Å². The first kappa shape index (κ1) is 18.5. The second kappa shape index (κ2) is 6.57. The standard InChI is InChI=1S/C17H17BrO5S/c1-17(2,3)11-4-7-13(8-5-11)24(21,22)23-15-9-6-12(18)10-14(15)16(19)20/h4-10H,1-3H3,(H,19,20). The van der Waals surface area contributed by atoms with Crippen LogP contribution in [0.5, 0.6) is 5.75 Å². The van der Waals surface area contributed by atoms with Gasteiger partial charge in [-0.25, -0.2) is 4.79 Å². The van der Waals surface area contributed by atoms with Gasteiger partial charge in [-0.15, -0.1) is 0 Å². The maximum atomic E-state index is 12.4. The van der Waals surface area contributed by atoms with Gasteiger partial charge in [-0.1, -0.05) is 48.8 Å². The van der Waals surface area contributed by atoms with Crippen LogP contribution in [0, 0.1) is 0 Å². The van der Waals surface area contributed by atoms with Crippen LogP contribution < -0.4 is 4.18 Å². The van der Waals surface area contributed by atoms with Crippen molar-refractivity contribution in [3.8, 4) is 5.75 Å². The molecule has 0 atom stereocenters. The lowest BCUT2D eigenvalue weighted by Gasteiger charge is -2.19. The van der Waals surface area contributed by atoms with Crippen molar-refractivity contribution >= 4 is 32.0 Å². The van der Waals surface area contributed by atoms with Crippen molar-refractivity contribution in [3.05, 3.63) is 58.1 Å². The van der Waals surface area contributed by atoms with Crippen molar-refractivity contribution < 1.29 is 22.5 Å². The maximum absolute atomic E-state index is 12.4. The molecule has 0 fully saturated rings. The molecule has 2 rings (SSSR count). The number of benzene rings is 2. The first-order chi connectivity index (χ1) is 11.0. The molecule has 0 aromatic heterocycles. The largest absolute Gasteiger partial charge is 0.478 e. The third kappa shape index (κ3) is 4.15. The molecule has 2 aromatic rings. The van der Waals surface area contributed by atoms with E-state index < -0.39 is 16.1 Å². The van der Waals surface area contributed by atoms with E-state index in [1.165, 1.54) is 30.3 Å². The molecule has 5 nitrogen and oxygen atoms in total. The SMILES string of the molecule is CC(C)(C)c1ccc(S(=O)(=O)Oc2ccc(Br)cc2C(=O)O)cc1. The van der Waals surface area contributed by atoms with E-state index in [0.29, 0.717) is 4.47 Å². The molecule has 0 bridgehead atoms. The van der Waals surface area contributed by atoms with E-state index in [-0.39, 0.29) is 21.6 Å². The number of rotatable bonds is 4. The van der Waals surface area contributed by atoms with Gasteiger partial charge in [-0.3, -0.25) is 0 Å². The van der Waals surface area contributed by atoms with Gasteiger partial charge in [0, 0.05) is 4.47 Å². The van der Waals surface area contributed by atoms with Crippen LogP contribution >= 0.6 is 15.9 Å². The van der Waals surface area contributed by atoms with Crippen LogP contribution in [0.25, 0.3) is 0 Å². The van der Waals surface area contributed by atoms with E-state index in [1.807, 2.05) is 20.8 Å². The zero-order valence-corrected chi connectivity index (χ0v) is 15.8. The Balaban J connectivity index is 2.37. The van der Waals surface area contributed by atoms with E-state index >= 15 is 0 Å². The summed E-state index contributed by atoms with van der Waals surface area (Å²) in [5.41, 5.74) is 0.640. The molecule has 0 unspecified atom stereocenters. The number of hydrogen-bond acceptors (Lipinski definition) is 4. The van der Waals surface area contributed by atoms with Crippen LogP contribution in [0.15, 0.2) is 51.8 Å². The summed E-state index contributed by atoms with van der Waals surface area (Å²) in [5.74, 6) is -1.50. The minimum Gasteiger partial charge on any atom is -0.478 e. The number of carboxylic acids is 1. The number of halogens is 1. The average Bonchev–Trinajstić information content (AvgIpc) is 2.48. The first-order valence-corrected chi connectivity index (χ1v) is 9.29. The highest BCUT2D eigenvalue weighted by atomic mass is 79.9. The first-order valence-electron chi connectivity index (χ1n) is 7.08. The van der Waals surface area contributed by atoms with Crippen molar-refractivity contribution in [2.75, 3.05) is 0 Å². The van der Waals surface area contributed by atoms with Crippen LogP contribution in [0.2, 0.25) is 0 Å². The average molecular weight is 413 g/mol. The molecule has 0 saturated carbocycles. The molecule has 0 saturated heterocycles.